The van der Waals surface area contributed by atoms with Crippen LogP contribution in [0.15, 0.2) is 27.5 Å². The Morgan fingerprint density at radius 3 is 2.55 bits per heavy atom. The highest BCUT2D eigenvalue weighted by Crippen LogP contribution is 2.25. The molecule has 0 aliphatic carbocycles. The van der Waals surface area contributed by atoms with Crippen LogP contribution in [0.25, 0.3) is 0 Å². The van der Waals surface area contributed by atoms with E-state index < -0.39 is 27.8 Å². The van der Waals surface area contributed by atoms with Crippen molar-refractivity contribution in [2.24, 2.45) is 5.92 Å². The van der Waals surface area contributed by atoms with E-state index in [9.17, 15) is 18.0 Å². The molecule has 0 radical (unpaired) electrons. The van der Waals surface area contributed by atoms with Crippen LogP contribution in [0.4, 0.5) is 5.82 Å². The predicted octanol–water partition coefficient (Wildman–Crippen LogP) is 1.18. The summed E-state index contributed by atoms with van der Waals surface area (Å²) in [5, 5.41) is 8.42. The lowest BCUT2D eigenvalue weighted by molar-refractivity contribution is -0.123. The molecular weight excluding hydrogens is 400 g/mol. The quantitative estimate of drug-likeness (QED) is 0.559. The van der Waals surface area contributed by atoms with E-state index in [0.717, 1.165) is 0 Å². The number of hydrogen-bond acceptors (Lipinski definition) is 9. The Kier molecular flexibility index (Phi) is 5.30. The smallest absolute Gasteiger partial charge is 0.355 e. The summed E-state index contributed by atoms with van der Waals surface area (Å²) in [5.41, 5.74) is 0.547. The number of nitriles is 1. The summed E-state index contributed by atoms with van der Waals surface area (Å²) in [4.78, 5) is 30.0. The molecule has 1 fully saturated rings. The van der Waals surface area contributed by atoms with E-state index in [0.29, 0.717) is 17.3 Å². The molecule has 11 heteroatoms. The summed E-state index contributed by atoms with van der Waals surface area (Å²) in [6.07, 6.45) is 1.32. The van der Waals surface area contributed by atoms with Gasteiger partial charge in [0, 0.05) is 19.2 Å². The van der Waals surface area contributed by atoms with Gasteiger partial charge in [0.2, 0.25) is 5.91 Å². The molecule has 2 aromatic heterocycles. The molecule has 0 atom stereocenters. The molecule has 0 aromatic carbocycles. The number of carbonyl (C=O) groups is 2. The van der Waals surface area contributed by atoms with Gasteiger partial charge in [-0.3, -0.25) is 4.79 Å². The number of nitrogens with one attached hydrogen (secondary N) is 1. The number of furan rings is 1. The highest BCUT2D eigenvalue weighted by atomic mass is 32.2. The second-order valence-electron chi connectivity index (χ2n) is 6.63. The normalized spacial score (nSPS) is 14.1. The molecule has 1 N–H and O–H groups in total. The lowest BCUT2D eigenvalue weighted by Gasteiger charge is -2.39. The van der Waals surface area contributed by atoms with E-state index in [2.05, 4.69) is 14.4 Å². The first-order valence-electron chi connectivity index (χ1n) is 8.59. The van der Waals surface area contributed by atoms with Gasteiger partial charge in [0.15, 0.2) is 0 Å². The van der Waals surface area contributed by atoms with Crippen molar-refractivity contribution < 1.29 is 27.2 Å². The van der Waals surface area contributed by atoms with Gasteiger partial charge in [-0.1, -0.05) is 0 Å². The Bertz CT molecular complexity index is 1130. The van der Waals surface area contributed by atoms with E-state index in [1.807, 2.05) is 0 Å². The van der Waals surface area contributed by atoms with Gasteiger partial charge in [-0.25, -0.2) is 22.9 Å². The molecular formula is C18H18N4O6S. The van der Waals surface area contributed by atoms with Crippen LogP contribution >= 0.6 is 0 Å². The fourth-order valence-corrected chi connectivity index (χ4v) is 4.30. The Hall–Kier alpha value is -3.39. The fourth-order valence-electron chi connectivity index (χ4n) is 3.01. The van der Waals surface area contributed by atoms with Gasteiger partial charge in [-0.15, -0.1) is 5.26 Å². The number of amides is 1. The average Bonchev–Trinajstić information content (AvgIpc) is 2.92. The standard InChI is InChI=1S/C18H18N4O6S/c1-10-6-15(12(3)28-10)29(25,26)21-17(23)13-7-22(8-13)16-5-4-14(11(2)20-16)18(24)27-9-19/h4-6,13H,7-8H2,1-3H3,(H,21,23). The maximum absolute atomic E-state index is 12.4. The van der Waals surface area contributed by atoms with Gasteiger partial charge < -0.3 is 14.1 Å². The summed E-state index contributed by atoms with van der Waals surface area (Å²) >= 11 is 0. The van der Waals surface area contributed by atoms with Crippen molar-refractivity contribution in [2.45, 2.75) is 25.7 Å². The molecule has 1 aliphatic heterocycles. The first-order valence-corrected chi connectivity index (χ1v) is 10.1. The summed E-state index contributed by atoms with van der Waals surface area (Å²) in [6, 6.07) is 4.42. The second kappa shape index (κ2) is 7.56. The Balaban J connectivity index is 1.63. The van der Waals surface area contributed by atoms with Crippen LogP contribution in [0, 0.1) is 38.2 Å². The fraction of sp³-hybridized carbons (Fsp3) is 0.333. The summed E-state index contributed by atoms with van der Waals surface area (Å²) < 4.78 is 36.4. The molecule has 0 unspecified atom stereocenters. The lowest BCUT2D eigenvalue weighted by atomic mass is 9.99. The van der Waals surface area contributed by atoms with E-state index in [1.54, 1.807) is 24.8 Å². The van der Waals surface area contributed by atoms with Crippen molar-refractivity contribution in [3.63, 3.8) is 0 Å². The van der Waals surface area contributed by atoms with Crippen LogP contribution in [0.3, 0.4) is 0 Å². The van der Waals surface area contributed by atoms with Crippen LogP contribution < -0.4 is 9.62 Å². The Morgan fingerprint density at radius 2 is 2.00 bits per heavy atom. The summed E-state index contributed by atoms with van der Waals surface area (Å²) in [7, 11) is -4.01. The first-order chi connectivity index (χ1) is 13.6. The molecule has 2 aromatic rings. The minimum Gasteiger partial charge on any atom is -0.465 e. The third-order valence-corrected chi connectivity index (χ3v) is 5.98. The Labute approximate surface area is 167 Å². The third-order valence-electron chi connectivity index (χ3n) is 4.53. The molecule has 3 heterocycles. The van der Waals surface area contributed by atoms with Crippen molar-refractivity contribution in [3.8, 4) is 6.26 Å². The molecule has 3 rings (SSSR count). The van der Waals surface area contributed by atoms with Gasteiger partial charge in [0.05, 0.1) is 17.2 Å². The molecule has 1 aliphatic rings. The molecule has 10 nitrogen and oxygen atoms in total. The van der Waals surface area contributed by atoms with Crippen molar-refractivity contribution in [1.29, 1.82) is 5.26 Å². The SMILES string of the molecule is Cc1cc(S(=O)(=O)NC(=O)C2CN(c3ccc(C(=O)OC#N)c(C)n3)C2)c(C)o1. The van der Waals surface area contributed by atoms with Gasteiger partial charge in [0.25, 0.3) is 16.3 Å². The Morgan fingerprint density at radius 1 is 1.31 bits per heavy atom. The zero-order valence-corrected chi connectivity index (χ0v) is 16.7. The summed E-state index contributed by atoms with van der Waals surface area (Å²) in [6.45, 7) is 5.29. The molecule has 1 saturated heterocycles. The van der Waals surface area contributed by atoms with Gasteiger partial charge in [-0.2, -0.15) is 0 Å². The lowest BCUT2D eigenvalue weighted by Crippen LogP contribution is -2.54. The molecule has 29 heavy (non-hydrogen) atoms. The largest absolute Gasteiger partial charge is 0.465 e. The van der Waals surface area contributed by atoms with Crippen molar-refractivity contribution in [2.75, 3.05) is 18.0 Å². The minimum atomic E-state index is -4.01. The summed E-state index contributed by atoms with van der Waals surface area (Å²) in [5.74, 6) is -0.737. The topological polar surface area (TPSA) is 143 Å². The molecule has 1 amide bonds. The number of nitrogens with zero attached hydrogens (tertiary/aromatic N) is 3. The number of rotatable bonds is 5. The maximum atomic E-state index is 12.4. The third kappa shape index (κ3) is 4.07. The first kappa shape index (κ1) is 20.3. The van der Waals surface area contributed by atoms with E-state index in [4.69, 9.17) is 9.68 Å². The molecule has 0 bridgehead atoms. The number of anilines is 1. The number of hydrogen-bond donors (Lipinski definition) is 1. The number of esters is 1. The average molecular weight is 418 g/mol. The monoisotopic (exact) mass is 418 g/mol. The van der Waals surface area contributed by atoms with Crippen LogP contribution in [0.1, 0.15) is 27.6 Å². The van der Waals surface area contributed by atoms with Crippen molar-refractivity contribution in [1.82, 2.24) is 9.71 Å². The van der Waals surface area contributed by atoms with Crippen molar-refractivity contribution in [3.05, 3.63) is 41.0 Å². The van der Waals surface area contributed by atoms with Crippen LogP contribution in [0.2, 0.25) is 0 Å². The second-order valence-corrected chi connectivity index (χ2v) is 8.28. The van der Waals surface area contributed by atoms with Crippen molar-refractivity contribution >= 4 is 27.7 Å². The van der Waals surface area contributed by atoms with E-state index >= 15 is 0 Å². The molecule has 0 saturated carbocycles. The number of aryl methyl sites for hydroxylation is 3. The molecule has 152 valence electrons. The number of pyridine rings is 1. The van der Waals surface area contributed by atoms with Crippen LogP contribution in [-0.4, -0.2) is 38.4 Å². The maximum Gasteiger partial charge on any atom is 0.355 e. The number of carbonyl (C=O) groups excluding carboxylic acids is 2. The van der Waals surface area contributed by atoms with Crippen LogP contribution in [0.5, 0.6) is 0 Å². The van der Waals surface area contributed by atoms with E-state index in [1.165, 1.54) is 25.3 Å². The van der Waals surface area contributed by atoms with Gasteiger partial charge >= 0.3 is 5.97 Å². The highest BCUT2D eigenvalue weighted by molar-refractivity contribution is 7.90. The van der Waals surface area contributed by atoms with E-state index in [-0.39, 0.29) is 29.3 Å². The number of aromatic nitrogens is 1. The highest BCUT2D eigenvalue weighted by Gasteiger charge is 2.36. The zero-order valence-electron chi connectivity index (χ0n) is 15.9. The van der Waals surface area contributed by atoms with Gasteiger partial charge in [-0.05, 0) is 32.9 Å². The van der Waals surface area contributed by atoms with Crippen LogP contribution in [-0.2, 0) is 19.6 Å². The minimum absolute atomic E-state index is 0.0586. The number of ether oxygens (including phenoxy) is 1. The number of sulfonamides is 1. The molecule has 0 spiro atoms. The predicted molar refractivity (Wildman–Crippen MR) is 99.2 cm³/mol. The zero-order chi connectivity index (χ0) is 21.3. The van der Waals surface area contributed by atoms with Gasteiger partial charge in [0.1, 0.15) is 22.2 Å².